The van der Waals surface area contributed by atoms with Crippen LogP contribution in [0.15, 0.2) is 24.3 Å². The highest BCUT2D eigenvalue weighted by molar-refractivity contribution is 5.22. The van der Waals surface area contributed by atoms with E-state index in [1.807, 2.05) is 0 Å². The lowest BCUT2D eigenvalue weighted by Gasteiger charge is -2.23. The summed E-state index contributed by atoms with van der Waals surface area (Å²) in [4.78, 5) is 2.59. The van der Waals surface area contributed by atoms with Crippen LogP contribution >= 0.6 is 0 Å². The van der Waals surface area contributed by atoms with E-state index < -0.39 is 0 Å². The van der Waals surface area contributed by atoms with E-state index in [9.17, 15) is 0 Å². The lowest BCUT2D eigenvalue weighted by molar-refractivity contribution is 0.305. The van der Waals surface area contributed by atoms with Crippen molar-refractivity contribution in [2.24, 2.45) is 5.92 Å². The highest BCUT2D eigenvalue weighted by Gasteiger charge is 2.23. The molecule has 0 amide bonds. The molecule has 1 atom stereocenters. The lowest BCUT2D eigenvalue weighted by atomic mass is 10.1. The molecule has 2 rings (SSSR count). The second kappa shape index (κ2) is 6.06. The fraction of sp³-hybridized carbons (Fsp3) is 0.647. The Balaban J connectivity index is 1.79. The van der Waals surface area contributed by atoms with Crippen molar-refractivity contribution >= 4 is 0 Å². The fourth-order valence-electron chi connectivity index (χ4n) is 2.74. The smallest absolute Gasteiger partial charge is 0.0233 e. The average molecular weight is 260 g/mol. The monoisotopic (exact) mass is 260 g/mol. The van der Waals surface area contributed by atoms with Crippen molar-refractivity contribution in [1.29, 1.82) is 0 Å². The molecule has 0 spiro atoms. The predicted molar refractivity (Wildman–Crippen MR) is 82.3 cm³/mol. The molecule has 1 heterocycles. The Morgan fingerprint density at radius 3 is 2.79 bits per heavy atom. The summed E-state index contributed by atoms with van der Waals surface area (Å²) in [5.74, 6) is 0.809. The number of aryl methyl sites for hydroxylation is 1. The lowest BCUT2D eigenvalue weighted by Crippen LogP contribution is -2.39. The van der Waals surface area contributed by atoms with Crippen molar-refractivity contribution in [1.82, 2.24) is 10.2 Å². The first-order chi connectivity index (χ1) is 8.92. The van der Waals surface area contributed by atoms with Crippen molar-refractivity contribution < 1.29 is 0 Å². The van der Waals surface area contributed by atoms with Crippen LogP contribution < -0.4 is 5.32 Å². The molecule has 0 radical (unpaired) electrons. The van der Waals surface area contributed by atoms with Gasteiger partial charge in [-0.25, -0.2) is 0 Å². The van der Waals surface area contributed by atoms with Crippen molar-refractivity contribution in [2.75, 3.05) is 19.6 Å². The number of nitrogens with one attached hydrogen (secondary N) is 1. The molecule has 1 aliphatic heterocycles. The molecule has 1 aliphatic rings. The molecular weight excluding hydrogens is 232 g/mol. The van der Waals surface area contributed by atoms with Gasteiger partial charge in [0, 0.05) is 18.6 Å². The van der Waals surface area contributed by atoms with Crippen molar-refractivity contribution in [3.8, 4) is 0 Å². The highest BCUT2D eigenvalue weighted by atomic mass is 15.1. The number of rotatable bonds is 4. The summed E-state index contributed by atoms with van der Waals surface area (Å²) in [6.07, 6.45) is 1.33. The summed E-state index contributed by atoms with van der Waals surface area (Å²) in [6, 6.07) is 8.89. The summed E-state index contributed by atoms with van der Waals surface area (Å²) >= 11 is 0. The molecule has 0 saturated carbocycles. The van der Waals surface area contributed by atoms with Gasteiger partial charge in [-0.3, -0.25) is 4.90 Å². The number of likely N-dealkylation sites (tertiary alicyclic amines) is 1. The minimum absolute atomic E-state index is 0.240. The minimum Gasteiger partial charge on any atom is -0.312 e. The van der Waals surface area contributed by atoms with Gasteiger partial charge < -0.3 is 5.32 Å². The molecule has 1 aromatic carbocycles. The van der Waals surface area contributed by atoms with Crippen LogP contribution in [0.4, 0.5) is 0 Å². The van der Waals surface area contributed by atoms with Crippen LogP contribution in [0.2, 0.25) is 0 Å². The third-order valence-corrected chi connectivity index (χ3v) is 3.78. The van der Waals surface area contributed by atoms with Gasteiger partial charge in [0.25, 0.3) is 0 Å². The Bertz CT molecular complexity index is 406. The Hall–Kier alpha value is -0.860. The maximum absolute atomic E-state index is 3.63. The Labute approximate surface area is 118 Å². The molecule has 0 aromatic heterocycles. The first-order valence-electron chi connectivity index (χ1n) is 7.45. The van der Waals surface area contributed by atoms with Crippen LogP contribution in [-0.4, -0.2) is 30.1 Å². The summed E-state index contributed by atoms with van der Waals surface area (Å²) < 4.78 is 0. The molecule has 1 aromatic rings. The van der Waals surface area contributed by atoms with E-state index >= 15 is 0 Å². The van der Waals surface area contributed by atoms with E-state index in [0.717, 1.165) is 19.0 Å². The van der Waals surface area contributed by atoms with Crippen molar-refractivity contribution in [3.63, 3.8) is 0 Å². The van der Waals surface area contributed by atoms with Gasteiger partial charge in [0.05, 0.1) is 0 Å². The molecular formula is C17H28N2. The predicted octanol–water partition coefficient (Wildman–Crippen LogP) is 3.21. The topological polar surface area (TPSA) is 15.3 Å². The Morgan fingerprint density at radius 2 is 2.11 bits per heavy atom. The second-order valence-corrected chi connectivity index (χ2v) is 7.01. The van der Waals surface area contributed by atoms with E-state index in [4.69, 9.17) is 0 Å². The summed E-state index contributed by atoms with van der Waals surface area (Å²) in [5.41, 5.74) is 3.05. The maximum atomic E-state index is 3.63. The molecule has 1 saturated heterocycles. The molecule has 106 valence electrons. The molecule has 2 heteroatoms. The van der Waals surface area contributed by atoms with Gasteiger partial charge in [0.15, 0.2) is 0 Å². The first kappa shape index (κ1) is 14.5. The molecule has 19 heavy (non-hydrogen) atoms. The van der Waals surface area contributed by atoms with Gasteiger partial charge in [-0.2, -0.15) is 0 Å². The molecule has 1 unspecified atom stereocenters. The SMILES string of the molecule is Cc1cccc(CN2CCC(CNC(C)(C)C)C2)c1. The van der Waals surface area contributed by atoms with E-state index in [0.29, 0.717) is 0 Å². The standard InChI is InChI=1S/C17H28N2/c1-14-6-5-7-15(10-14)12-19-9-8-16(13-19)11-18-17(2,3)4/h5-7,10,16,18H,8-9,11-13H2,1-4H3. The fourth-order valence-corrected chi connectivity index (χ4v) is 2.74. The van der Waals surface area contributed by atoms with Crippen LogP contribution in [0.1, 0.15) is 38.3 Å². The maximum Gasteiger partial charge on any atom is 0.0233 e. The second-order valence-electron chi connectivity index (χ2n) is 7.01. The van der Waals surface area contributed by atoms with Crippen LogP contribution in [0.5, 0.6) is 0 Å². The zero-order valence-corrected chi connectivity index (χ0v) is 12.9. The third kappa shape index (κ3) is 4.96. The molecule has 0 aliphatic carbocycles. The number of hydrogen-bond donors (Lipinski definition) is 1. The van der Waals surface area contributed by atoms with Gasteiger partial charge in [-0.15, -0.1) is 0 Å². The van der Waals surface area contributed by atoms with Gasteiger partial charge in [0.1, 0.15) is 0 Å². The van der Waals surface area contributed by atoms with Crippen molar-refractivity contribution in [2.45, 2.75) is 46.2 Å². The zero-order chi connectivity index (χ0) is 13.9. The van der Waals surface area contributed by atoms with E-state index in [1.165, 1.54) is 30.6 Å². The Morgan fingerprint density at radius 1 is 1.32 bits per heavy atom. The van der Waals surface area contributed by atoms with Gasteiger partial charge in [-0.1, -0.05) is 29.8 Å². The molecule has 2 nitrogen and oxygen atoms in total. The average Bonchev–Trinajstić information content (AvgIpc) is 2.73. The summed E-state index contributed by atoms with van der Waals surface area (Å²) in [7, 11) is 0. The first-order valence-corrected chi connectivity index (χ1v) is 7.45. The van der Waals surface area contributed by atoms with Crippen LogP contribution in [-0.2, 0) is 6.54 Å². The molecule has 1 fully saturated rings. The van der Waals surface area contributed by atoms with E-state index in [2.05, 4.69) is 62.2 Å². The van der Waals surface area contributed by atoms with E-state index in [-0.39, 0.29) is 5.54 Å². The van der Waals surface area contributed by atoms with E-state index in [1.54, 1.807) is 0 Å². The molecule has 0 bridgehead atoms. The van der Waals surface area contributed by atoms with Crippen LogP contribution in [0.25, 0.3) is 0 Å². The number of hydrogen-bond acceptors (Lipinski definition) is 2. The normalized spacial score (nSPS) is 20.9. The quantitative estimate of drug-likeness (QED) is 0.894. The summed E-state index contributed by atoms with van der Waals surface area (Å²) in [6.45, 7) is 13.6. The highest BCUT2D eigenvalue weighted by Crippen LogP contribution is 2.19. The largest absolute Gasteiger partial charge is 0.312 e. The van der Waals surface area contributed by atoms with Crippen LogP contribution in [0.3, 0.4) is 0 Å². The number of nitrogens with zero attached hydrogens (tertiary/aromatic N) is 1. The van der Waals surface area contributed by atoms with Gasteiger partial charge in [-0.05, 0) is 58.7 Å². The minimum atomic E-state index is 0.240. The Kier molecular flexibility index (Phi) is 4.64. The van der Waals surface area contributed by atoms with Gasteiger partial charge >= 0.3 is 0 Å². The van der Waals surface area contributed by atoms with Gasteiger partial charge in [0.2, 0.25) is 0 Å². The summed E-state index contributed by atoms with van der Waals surface area (Å²) in [5, 5.41) is 3.63. The molecule has 1 N–H and O–H groups in total. The van der Waals surface area contributed by atoms with Crippen molar-refractivity contribution in [3.05, 3.63) is 35.4 Å². The third-order valence-electron chi connectivity index (χ3n) is 3.78. The zero-order valence-electron chi connectivity index (χ0n) is 12.9. The van der Waals surface area contributed by atoms with Crippen LogP contribution in [0, 0.1) is 12.8 Å². The number of benzene rings is 1.